The fourth-order valence-electron chi connectivity index (χ4n) is 2.71. The zero-order valence-electron chi connectivity index (χ0n) is 17.0. The molecule has 1 aromatic carbocycles. The van der Waals surface area contributed by atoms with Gasteiger partial charge in [0.15, 0.2) is 0 Å². The van der Waals surface area contributed by atoms with Crippen molar-refractivity contribution in [3.8, 4) is 0 Å². The summed E-state index contributed by atoms with van der Waals surface area (Å²) in [6, 6.07) is 4.50. The zero-order valence-corrected chi connectivity index (χ0v) is 18.0. The van der Waals surface area contributed by atoms with Gasteiger partial charge in [0.1, 0.15) is 5.76 Å². The van der Waals surface area contributed by atoms with Gasteiger partial charge in [-0.1, -0.05) is 20.8 Å². The normalized spacial score (nSPS) is 17.2. The number of rotatable bonds is 4. The van der Waals surface area contributed by atoms with Crippen molar-refractivity contribution in [1.82, 2.24) is 0 Å². The lowest BCUT2D eigenvalue weighted by Crippen LogP contribution is -2.40. The van der Waals surface area contributed by atoms with Crippen molar-refractivity contribution >= 4 is 19.8 Å². The molecule has 0 bridgehead atoms. The standard InChI is InChI=1S/C20H30F3NO2Si/c1-7-18(26-27(5,6)19(2,3)4)15-8-9-17(16(14-15)20(21,22)23)24-10-12-25-13-11-24/h7-9,14H,10-13H2,1-6H3. The van der Waals surface area contributed by atoms with Gasteiger partial charge in [0, 0.05) is 24.3 Å². The molecule has 0 amide bonds. The Kier molecular flexibility index (Phi) is 6.36. The number of morpholine rings is 1. The summed E-state index contributed by atoms with van der Waals surface area (Å²) in [5.74, 6) is 0.514. The SMILES string of the molecule is CC=C(O[Si](C)(C)C(C)(C)C)c1ccc(N2CCOCC2)c(C(F)(F)F)c1. The molecule has 0 aromatic heterocycles. The van der Waals surface area contributed by atoms with Crippen molar-refractivity contribution in [2.24, 2.45) is 0 Å². The smallest absolute Gasteiger partial charge is 0.418 e. The van der Waals surface area contributed by atoms with E-state index < -0.39 is 20.1 Å². The predicted octanol–water partition coefficient (Wildman–Crippen LogP) is 5.92. The van der Waals surface area contributed by atoms with Gasteiger partial charge < -0.3 is 14.1 Å². The van der Waals surface area contributed by atoms with Gasteiger partial charge in [-0.3, -0.25) is 0 Å². The lowest BCUT2D eigenvalue weighted by Gasteiger charge is -2.37. The van der Waals surface area contributed by atoms with Gasteiger partial charge in [-0.2, -0.15) is 13.2 Å². The second-order valence-corrected chi connectivity index (χ2v) is 13.1. The fraction of sp³-hybridized carbons (Fsp3) is 0.600. The van der Waals surface area contributed by atoms with Gasteiger partial charge in [-0.25, -0.2) is 0 Å². The Morgan fingerprint density at radius 3 is 2.22 bits per heavy atom. The van der Waals surface area contributed by atoms with Crippen LogP contribution in [0.15, 0.2) is 24.3 Å². The van der Waals surface area contributed by atoms with Crippen molar-refractivity contribution in [2.45, 2.75) is 52.0 Å². The topological polar surface area (TPSA) is 21.7 Å². The molecule has 7 heteroatoms. The first-order valence-corrected chi connectivity index (χ1v) is 12.2. The summed E-state index contributed by atoms with van der Waals surface area (Å²) >= 11 is 0. The van der Waals surface area contributed by atoms with Gasteiger partial charge >= 0.3 is 6.18 Å². The van der Waals surface area contributed by atoms with E-state index in [0.717, 1.165) is 0 Å². The molecular formula is C20H30F3NO2Si. The highest BCUT2D eigenvalue weighted by molar-refractivity contribution is 6.74. The fourth-order valence-corrected chi connectivity index (χ4v) is 3.80. The summed E-state index contributed by atoms with van der Waals surface area (Å²) in [4.78, 5) is 1.74. The number of halogens is 3. The molecule has 3 nitrogen and oxygen atoms in total. The highest BCUT2D eigenvalue weighted by Gasteiger charge is 2.40. The maximum Gasteiger partial charge on any atom is 0.418 e. The van der Waals surface area contributed by atoms with Gasteiger partial charge in [0.25, 0.3) is 0 Å². The van der Waals surface area contributed by atoms with Crippen LogP contribution >= 0.6 is 0 Å². The van der Waals surface area contributed by atoms with Crippen molar-refractivity contribution in [2.75, 3.05) is 31.2 Å². The van der Waals surface area contributed by atoms with Crippen LogP contribution in [0.5, 0.6) is 0 Å². The average Bonchev–Trinajstić information content (AvgIpc) is 2.58. The maximum absolute atomic E-state index is 13.8. The van der Waals surface area contributed by atoms with Crippen molar-refractivity contribution in [3.63, 3.8) is 0 Å². The Labute approximate surface area is 161 Å². The van der Waals surface area contributed by atoms with Crippen LogP contribution in [0.3, 0.4) is 0 Å². The van der Waals surface area contributed by atoms with Gasteiger partial charge in [-0.15, -0.1) is 0 Å². The van der Waals surface area contributed by atoms with Crippen LogP contribution in [0.1, 0.15) is 38.8 Å². The number of benzene rings is 1. The molecule has 0 unspecified atom stereocenters. The predicted molar refractivity (Wildman–Crippen MR) is 106 cm³/mol. The van der Waals surface area contributed by atoms with E-state index in [2.05, 4.69) is 33.9 Å². The molecule has 152 valence electrons. The highest BCUT2D eigenvalue weighted by atomic mass is 28.4. The summed E-state index contributed by atoms with van der Waals surface area (Å²) in [6.45, 7) is 14.1. The first kappa shape index (κ1) is 21.8. The number of alkyl halides is 3. The molecule has 27 heavy (non-hydrogen) atoms. The summed E-state index contributed by atoms with van der Waals surface area (Å²) in [7, 11) is -2.16. The minimum atomic E-state index is -4.43. The van der Waals surface area contributed by atoms with Crippen LogP contribution in [0.25, 0.3) is 5.76 Å². The van der Waals surface area contributed by atoms with Crippen LogP contribution in [0.2, 0.25) is 18.1 Å². The second kappa shape index (κ2) is 7.87. The molecule has 0 saturated carbocycles. The molecule has 1 saturated heterocycles. The van der Waals surface area contributed by atoms with Gasteiger partial charge in [0.2, 0.25) is 8.32 Å². The van der Waals surface area contributed by atoms with E-state index in [9.17, 15) is 13.2 Å². The Morgan fingerprint density at radius 1 is 1.15 bits per heavy atom. The summed E-state index contributed by atoms with van der Waals surface area (Å²) in [5.41, 5.74) is 0.0454. The minimum Gasteiger partial charge on any atom is -0.543 e. The first-order chi connectivity index (χ1) is 12.4. The largest absolute Gasteiger partial charge is 0.543 e. The number of allylic oxidation sites excluding steroid dienone is 1. The second-order valence-electron chi connectivity index (χ2n) is 8.34. The molecule has 1 aliphatic rings. The van der Waals surface area contributed by atoms with Crippen LogP contribution in [-0.4, -0.2) is 34.6 Å². The van der Waals surface area contributed by atoms with E-state index in [-0.39, 0.29) is 10.7 Å². The molecule has 0 spiro atoms. The van der Waals surface area contributed by atoms with Crippen molar-refractivity contribution in [3.05, 3.63) is 35.4 Å². The quantitative estimate of drug-likeness (QED) is 0.461. The summed E-state index contributed by atoms with van der Waals surface area (Å²) in [5, 5.41) is -0.0398. The minimum absolute atomic E-state index is 0.0398. The monoisotopic (exact) mass is 401 g/mol. The molecule has 1 fully saturated rings. The van der Waals surface area contributed by atoms with Crippen LogP contribution in [0.4, 0.5) is 18.9 Å². The van der Waals surface area contributed by atoms with E-state index >= 15 is 0 Å². The zero-order chi connectivity index (χ0) is 20.5. The van der Waals surface area contributed by atoms with E-state index in [1.807, 2.05) is 0 Å². The highest BCUT2D eigenvalue weighted by Crippen LogP contribution is 2.42. The number of anilines is 1. The van der Waals surface area contributed by atoms with Crippen molar-refractivity contribution < 1.29 is 22.3 Å². The third kappa shape index (κ3) is 5.07. The summed E-state index contributed by atoms with van der Waals surface area (Å²) < 4.78 is 52.9. The Bertz CT molecular complexity index is 687. The number of hydrogen-bond acceptors (Lipinski definition) is 3. The summed E-state index contributed by atoms with van der Waals surface area (Å²) in [6.07, 6.45) is -2.68. The van der Waals surface area contributed by atoms with E-state index in [1.165, 1.54) is 6.07 Å². The molecule has 2 rings (SSSR count). The number of hydrogen-bond donors (Lipinski definition) is 0. The Morgan fingerprint density at radius 2 is 1.74 bits per heavy atom. The molecule has 1 heterocycles. The Hall–Kier alpha value is -1.47. The third-order valence-corrected chi connectivity index (χ3v) is 9.71. The van der Waals surface area contributed by atoms with E-state index in [4.69, 9.17) is 9.16 Å². The van der Waals surface area contributed by atoms with Crippen LogP contribution in [0, 0.1) is 0 Å². The maximum atomic E-state index is 13.8. The molecule has 1 aliphatic heterocycles. The lowest BCUT2D eigenvalue weighted by molar-refractivity contribution is -0.137. The van der Waals surface area contributed by atoms with E-state index in [0.29, 0.717) is 37.6 Å². The first-order valence-electron chi connectivity index (χ1n) is 9.26. The molecule has 0 atom stereocenters. The Balaban J connectivity index is 2.42. The lowest BCUT2D eigenvalue weighted by atomic mass is 10.0. The van der Waals surface area contributed by atoms with Crippen molar-refractivity contribution in [1.29, 1.82) is 0 Å². The van der Waals surface area contributed by atoms with Crippen LogP contribution < -0.4 is 4.90 Å². The molecule has 0 radical (unpaired) electrons. The number of nitrogens with zero attached hydrogens (tertiary/aromatic N) is 1. The van der Waals surface area contributed by atoms with Gasteiger partial charge in [0.05, 0.1) is 18.8 Å². The average molecular weight is 402 g/mol. The molecule has 0 aliphatic carbocycles. The molecule has 0 N–H and O–H groups in total. The number of ether oxygens (including phenoxy) is 1. The molecule has 1 aromatic rings. The third-order valence-electron chi connectivity index (χ3n) is 5.37. The van der Waals surface area contributed by atoms with Gasteiger partial charge in [-0.05, 0) is 49.3 Å². The molecular weight excluding hydrogens is 371 g/mol. The van der Waals surface area contributed by atoms with E-state index in [1.54, 1.807) is 30.0 Å². The van der Waals surface area contributed by atoms with Crippen LogP contribution in [-0.2, 0) is 15.3 Å².